The largest absolute Gasteiger partial charge is 0.365 e. The zero-order valence-corrected chi connectivity index (χ0v) is 12.1. The Kier molecular flexibility index (Phi) is 5.59. The highest BCUT2D eigenvalue weighted by molar-refractivity contribution is 5.92. The molecule has 2 aromatic rings. The molecule has 2 rings (SSSR count). The van der Waals surface area contributed by atoms with Crippen molar-refractivity contribution in [1.82, 2.24) is 15.5 Å². The van der Waals surface area contributed by atoms with Crippen molar-refractivity contribution in [2.24, 2.45) is 0 Å². The number of hydrogen-bond donors (Lipinski definition) is 2. The summed E-state index contributed by atoms with van der Waals surface area (Å²) in [4.78, 5) is 11.9. The highest BCUT2D eigenvalue weighted by Gasteiger charge is 2.07. The van der Waals surface area contributed by atoms with Gasteiger partial charge < -0.3 is 10.6 Å². The summed E-state index contributed by atoms with van der Waals surface area (Å²) in [7, 11) is 0. The van der Waals surface area contributed by atoms with Crippen LogP contribution in [0.5, 0.6) is 0 Å². The first-order valence-electron chi connectivity index (χ1n) is 6.90. The normalized spacial score (nSPS) is 10.0. The van der Waals surface area contributed by atoms with Gasteiger partial charge in [-0.2, -0.15) is 0 Å². The van der Waals surface area contributed by atoms with Gasteiger partial charge in [-0.15, -0.1) is 16.8 Å². The number of benzene rings is 1. The molecule has 0 saturated heterocycles. The van der Waals surface area contributed by atoms with Gasteiger partial charge in [-0.05, 0) is 36.2 Å². The molecule has 0 spiro atoms. The SMILES string of the molecule is C=CCNc1ccc(C(=O)NCCc2ccc(F)cc2)nn1. The maximum atomic E-state index is 12.8. The Bertz CT molecular complexity index is 626. The van der Waals surface area contributed by atoms with E-state index in [9.17, 15) is 9.18 Å². The minimum absolute atomic E-state index is 0.253. The average molecular weight is 300 g/mol. The van der Waals surface area contributed by atoms with Crippen LogP contribution in [0.4, 0.5) is 10.2 Å². The van der Waals surface area contributed by atoms with Gasteiger partial charge in [0.15, 0.2) is 5.69 Å². The Morgan fingerprint density at radius 1 is 1.18 bits per heavy atom. The number of nitrogens with zero attached hydrogens (tertiary/aromatic N) is 2. The van der Waals surface area contributed by atoms with Crippen LogP contribution in [0.2, 0.25) is 0 Å². The molecule has 0 fully saturated rings. The van der Waals surface area contributed by atoms with Crippen LogP contribution in [0.25, 0.3) is 0 Å². The van der Waals surface area contributed by atoms with E-state index in [-0.39, 0.29) is 17.4 Å². The second kappa shape index (κ2) is 7.87. The van der Waals surface area contributed by atoms with Gasteiger partial charge in [-0.1, -0.05) is 18.2 Å². The van der Waals surface area contributed by atoms with Crippen LogP contribution in [0.15, 0.2) is 49.1 Å². The summed E-state index contributed by atoms with van der Waals surface area (Å²) in [6, 6.07) is 9.48. The molecule has 1 amide bonds. The van der Waals surface area contributed by atoms with Crippen LogP contribution in [-0.4, -0.2) is 29.2 Å². The van der Waals surface area contributed by atoms with E-state index in [1.165, 1.54) is 12.1 Å². The minimum Gasteiger partial charge on any atom is -0.365 e. The molecule has 0 aliphatic carbocycles. The molecule has 22 heavy (non-hydrogen) atoms. The molecule has 114 valence electrons. The van der Waals surface area contributed by atoms with Gasteiger partial charge in [0.25, 0.3) is 5.91 Å². The van der Waals surface area contributed by atoms with Crippen LogP contribution in [0, 0.1) is 5.82 Å². The van der Waals surface area contributed by atoms with Crippen molar-refractivity contribution < 1.29 is 9.18 Å². The molecule has 0 aliphatic heterocycles. The standard InChI is InChI=1S/C16H17FN4O/c1-2-10-18-15-8-7-14(20-21-15)16(22)19-11-9-12-3-5-13(17)6-4-12/h2-8H,1,9-11H2,(H,18,21)(H,19,22). The second-order valence-electron chi connectivity index (χ2n) is 4.61. The number of nitrogens with one attached hydrogen (secondary N) is 2. The third-order valence-electron chi connectivity index (χ3n) is 2.94. The quantitative estimate of drug-likeness (QED) is 0.769. The molecule has 0 atom stereocenters. The Hall–Kier alpha value is -2.76. The van der Waals surface area contributed by atoms with Gasteiger partial charge in [0.1, 0.15) is 11.6 Å². The average Bonchev–Trinajstić information content (AvgIpc) is 2.55. The topological polar surface area (TPSA) is 66.9 Å². The van der Waals surface area contributed by atoms with Crippen LogP contribution >= 0.6 is 0 Å². The fraction of sp³-hybridized carbons (Fsp3) is 0.188. The summed E-state index contributed by atoms with van der Waals surface area (Å²) < 4.78 is 12.8. The maximum absolute atomic E-state index is 12.8. The summed E-state index contributed by atoms with van der Waals surface area (Å²) in [6.07, 6.45) is 2.33. The Morgan fingerprint density at radius 3 is 2.59 bits per heavy atom. The van der Waals surface area contributed by atoms with Crippen molar-refractivity contribution >= 4 is 11.7 Å². The highest BCUT2D eigenvalue weighted by atomic mass is 19.1. The van der Waals surface area contributed by atoms with Crippen LogP contribution in [0.3, 0.4) is 0 Å². The molecule has 0 bridgehead atoms. The summed E-state index contributed by atoms with van der Waals surface area (Å²) >= 11 is 0. The van der Waals surface area contributed by atoms with Gasteiger partial charge in [-0.25, -0.2) is 4.39 Å². The van der Waals surface area contributed by atoms with Crippen molar-refractivity contribution in [3.05, 3.63) is 66.1 Å². The molecule has 5 nitrogen and oxygen atoms in total. The molecule has 6 heteroatoms. The van der Waals surface area contributed by atoms with E-state index in [0.717, 1.165) is 5.56 Å². The van der Waals surface area contributed by atoms with E-state index >= 15 is 0 Å². The molecule has 1 aromatic carbocycles. The van der Waals surface area contributed by atoms with Crippen molar-refractivity contribution in [2.75, 3.05) is 18.4 Å². The lowest BCUT2D eigenvalue weighted by Crippen LogP contribution is -2.26. The van der Waals surface area contributed by atoms with E-state index in [4.69, 9.17) is 0 Å². The summed E-state index contributed by atoms with van der Waals surface area (Å²) in [5.41, 5.74) is 1.21. The fourth-order valence-corrected chi connectivity index (χ4v) is 1.79. The summed E-state index contributed by atoms with van der Waals surface area (Å²) in [5, 5.41) is 13.5. The molecule has 2 N–H and O–H groups in total. The molecule has 1 aromatic heterocycles. The number of halogens is 1. The first-order chi connectivity index (χ1) is 10.7. The van der Waals surface area contributed by atoms with Crippen molar-refractivity contribution in [1.29, 1.82) is 0 Å². The van der Waals surface area contributed by atoms with Gasteiger partial charge in [-0.3, -0.25) is 4.79 Å². The number of carbonyl (C=O) groups is 1. The minimum atomic E-state index is -0.287. The molecule has 0 aliphatic rings. The predicted molar refractivity (Wildman–Crippen MR) is 83.2 cm³/mol. The molecule has 1 heterocycles. The highest BCUT2D eigenvalue weighted by Crippen LogP contribution is 2.04. The van der Waals surface area contributed by atoms with E-state index in [1.807, 2.05) is 0 Å². The smallest absolute Gasteiger partial charge is 0.271 e. The van der Waals surface area contributed by atoms with E-state index in [1.54, 1.807) is 30.3 Å². The first kappa shape index (κ1) is 15.6. The number of amides is 1. The van der Waals surface area contributed by atoms with Crippen LogP contribution < -0.4 is 10.6 Å². The maximum Gasteiger partial charge on any atom is 0.271 e. The predicted octanol–water partition coefficient (Wildman–Crippen LogP) is 2.19. The zero-order chi connectivity index (χ0) is 15.8. The lowest BCUT2D eigenvalue weighted by atomic mass is 10.1. The van der Waals surface area contributed by atoms with Crippen molar-refractivity contribution in [3.63, 3.8) is 0 Å². The molecular formula is C16H17FN4O. The van der Waals surface area contributed by atoms with E-state index in [0.29, 0.717) is 25.3 Å². The number of carbonyl (C=O) groups excluding carboxylic acids is 1. The third-order valence-corrected chi connectivity index (χ3v) is 2.94. The zero-order valence-electron chi connectivity index (χ0n) is 12.1. The number of aromatic nitrogens is 2. The third kappa shape index (κ3) is 4.66. The molecule has 0 saturated carbocycles. The molecule has 0 unspecified atom stereocenters. The summed E-state index contributed by atoms with van der Waals surface area (Å²) in [5.74, 6) is 0.0286. The van der Waals surface area contributed by atoms with Gasteiger partial charge in [0.2, 0.25) is 0 Å². The van der Waals surface area contributed by atoms with Crippen molar-refractivity contribution in [2.45, 2.75) is 6.42 Å². The fourth-order valence-electron chi connectivity index (χ4n) is 1.79. The Labute approximate surface area is 128 Å². The van der Waals surface area contributed by atoms with E-state index < -0.39 is 0 Å². The Balaban J connectivity index is 1.81. The number of rotatable bonds is 7. The summed E-state index contributed by atoms with van der Waals surface area (Å²) in [6.45, 7) is 4.62. The van der Waals surface area contributed by atoms with Gasteiger partial charge in [0, 0.05) is 13.1 Å². The molecular weight excluding hydrogens is 283 g/mol. The Morgan fingerprint density at radius 2 is 1.95 bits per heavy atom. The van der Waals surface area contributed by atoms with Crippen LogP contribution in [-0.2, 0) is 6.42 Å². The van der Waals surface area contributed by atoms with Crippen LogP contribution in [0.1, 0.15) is 16.1 Å². The lowest BCUT2D eigenvalue weighted by molar-refractivity contribution is 0.0948. The van der Waals surface area contributed by atoms with E-state index in [2.05, 4.69) is 27.4 Å². The van der Waals surface area contributed by atoms with Crippen molar-refractivity contribution in [3.8, 4) is 0 Å². The monoisotopic (exact) mass is 300 g/mol. The number of hydrogen-bond acceptors (Lipinski definition) is 4. The molecule has 0 radical (unpaired) electrons. The number of anilines is 1. The first-order valence-corrected chi connectivity index (χ1v) is 6.90. The second-order valence-corrected chi connectivity index (χ2v) is 4.61. The van der Waals surface area contributed by atoms with Gasteiger partial charge >= 0.3 is 0 Å². The lowest BCUT2D eigenvalue weighted by Gasteiger charge is -2.05. The van der Waals surface area contributed by atoms with Gasteiger partial charge in [0.05, 0.1) is 0 Å².